The Morgan fingerprint density at radius 1 is 0.909 bits per heavy atom. The van der Waals surface area contributed by atoms with Crippen LogP contribution in [0.5, 0.6) is 0 Å². The molecule has 1 rings (SSSR count). The lowest BCUT2D eigenvalue weighted by Crippen LogP contribution is -2.19. The van der Waals surface area contributed by atoms with Gasteiger partial charge in [0.15, 0.2) is 0 Å². The van der Waals surface area contributed by atoms with Crippen LogP contribution in [0.2, 0.25) is 0 Å². The molecule has 1 fully saturated rings. The maximum Gasteiger partial charge on any atom is 0.305 e. The number of hydrogen-bond donors (Lipinski definition) is 0. The van der Waals surface area contributed by atoms with Gasteiger partial charge in [0, 0.05) is 6.42 Å². The summed E-state index contributed by atoms with van der Waals surface area (Å²) in [7, 11) is -3.43. The molecule has 1 unspecified atom stereocenters. The predicted octanol–water partition coefficient (Wildman–Crippen LogP) is 3.57. The van der Waals surface area contributed by atoms with Gasteiger partial charge in [0.25, 0.3) is 10.1 Å². The van der Waals surface area contributed by atoms with Crippen LogP contribution >= 0.6 is 0 Å². The molecular formula is C16H30O5S. The van der Waals surface area contributed by atoms with Gasteiger partial charge in [-0.25, -0.2) is 0 Å². The van der Waals surface area contributed by atoms with Crippen molar-refractivity contribution in [3.63, 3.8) is 0 Å². The van der Waals surface area contributed by atoms with Gasteiger partial charge in [-0.3, -0.25) is 8.98 Å². The van der Waals surface area contributed by atoms with Crippen LogP contribution in [-0.4, -0.2) is 33.4 Å². The van der Waals surface area contributed by atoms with Crippen LogP contribution in [0, 0.1) is 0 Å². The Kier molecular flexibility index (Phi) is 9.71. The Morgan fingerprint density at radius 2 is 1.45 bits per heavy atom. The van der Waals surface area contributed by atoms with E-state index in [4.69, 9.17) is 8.92 Å². The molecule has 0 aromatic heterocycles. The number of hydrogen-bond acceptors (Lipinski definition) is 5. The number of carbonyl (C=O) groups is 1. The third kappa shape index (κ3) is 11.0. The molecule has 5 nitrogen and oxygen atoms in total. The van der Waals surface area contributed by atoms with Crippen LogP contribution < -0.4 is 0 Å². The van der Waals surface area contributed by atoms with E-state index < -0.39 is 10.1 Å². The molecule has 0 bridgehead atoms. The third-order valence-electron chi connectivity index (χ3n) is 3.90. The molecule has 0 N–H and O–H groups in total. The van der Waals surface area contributed by atoms with E-state index in [0.717, 1.165) is 38.4 Å². The highest BCUT2D eigenvalue weighted by Gasteiger charge is 2.15. The molecule has 0 aromatic rings. The van der Waals surface area contributed by atoms with Crippen LogP contribution in [0.15, 0.2) is 0 Å². The van der Waals surface area contributed by atoms with Crippen LogP contribution in [0.3, 0.4) is 0 Å². The molecule has 1 aliphatic heterocycles. The smallest absolute Gasteiger partial charge is 0.305 e. The maximum absolute atomic E-state index is 11.5. The molecule has 1 aliphatic rings. The van der Waals surface area contributed by atoms with Gasteiger partial charge in [0.1, 0.15) is 0 Å². The van der Waals surface area contributed by atoms with Crippen molar-refractivity contribution in [2.24, 2.45) is 0 Å². The summed E-state index contributed by atoms with van der Waals surface area (Å²) in [6, 6.07) is 0. The molecule has 0 aliphatic carbocycles. The molecule has 0 radical (unpaired) electrons. The van der Waals surface area contributed by atoms with E-state index in [2.05, 4.69) is 0 Å². The second-order valence-electron chi connectivity index (χ2n) is 6.15. The highest BCUT2D eigenvalue weighted by atomic mass is 32.2. The minimum atomic E-state index is -3.43. The predicted molar refractivity (Wildman–Crippen MR) is 86.1 cm³/mol. The molecule has 0 saturated carbocycles. The minimum absolute atomic E-state index is 0.146. The average Bonchev–Trinajstić information content (AvgIpc) is 2.42. The van der Waals surface area contributed by atoms with E-state index in [1.54, 1.807) is 0 Å². The van der Waals surface area contributed by atoms with E-state index in [9.17, 15) is 13.2 Å². The first-order valence-electron chi connectivity index (χ1n) is 8.51. The molecule has 22 heavy (non-hydrogen) atoms. The van der Waals surface area contributed by atoms with E-state index >= 15 is 0 Å². The van der Waals surface area contributed by atoms with E-state index in [1.165, 1.54) is 25.7 Å². The van der Waals surface area contributed by atoms with Crippen molar-refractivity contribution < 1.29 is 22.1 Å². The number of rotatable bonds is 2. The Bertz CT molecular complexity index is 405. The number of cyclic esters (lactones) is 1. The Balaban J connectivity index is 2.43. The number of carbonyl (C=O) groups excluding carboxylic acids is 1. The van der Waals surface area contributed by atoms with Crippen molar-refractivity contribution in [1.29, 1.82) is 0 Å². The van der Waals surface area contributed by atoms with Crippen LogP contribution in [0.4, 0.5) is 0 Å². The molecule has 130 valence electrons. The third-order valence-corrected chi connectivity index (χ3v) is 4.52. The second-order valence-corrected chi connectivity index (χ2v) is 7.75. The summed E-state index contributed by atoms with van der Waals surface area (Å²) in [5.41, 5.74) is 0. The summed E-state index contributed by atoms with van der Waals surface area (Å²) < 4.78 is 32.9. The van der Waals surface area contributed by atoms with Crippen molar-refractivity contribution >= 4 is 16.1 Å². The summed E-state index contributed by atoms with van der Waals surface area (Å²) >= 11 is 0. The standard InChI is InChI=1S/C16H30O5S/c1-22(18,19)21-15-11-8-6-4-2-3-5-7-9-13-16(17)20-14-10-12-15/h15H,2-14H2,1H3. The highest BCUT2D eigenvalue weighted by Crippen LogP contribution is 2.17. The molecule has 0 aromatic carbocycles. The lowest BCUT2D eigenvalue weighted by Gasteiger charge is -2.16. The monoisotopic (exact) mass is 334 g/mol. The van der Waals surface area contributed by atoms with Crippen molar-refractivity contribution in [2.45, 2.75) is 83.2 Å². The zero-order valence-corrected chi connectivity index (χ0v) is 14.5. The van der Waals surface area contributed by atoms with Crippen molar-refractivity contribution in [1.82, 2.24) is 0 Å². The Hall–Kier alpha value is -0.620. The zero-order chi connectivity index (χ0) is 16.3. The Labute approximate surface area is 134 Å². The summed E-state index contributed by atoms with van der Waals surface area (Å²) in [6.07, 6.45) is 12.2. The van der Waals surface area contributed by atoms with Crippen LogP contribution in [0.1, 0.15) is 77.0 Å². The fourth-order valence-corrected chi connectivity index (χ4v) is 3.45. The van der Waals surface area contributed by atoms with Gasteiger partial charge in [0.05, 0.1) is 19.0 Å². The maximum atomic E-state index is 11.5. The molecule has 0 amide bonds. The van der Waals surface area contributed by atoms with Gasteiger partial charge in [-0.15, -0.1) is 0 Å². The first-order valence-corrected chi connectivity index (χ1v) is 10.3. The van der Waals surface area contributed by atoms with Gasteiger partial charge >= 0.3 is 5.97 Å². The summed E-state index contributed by atoms with van der Waals surface area (Å²) in [5, 5.41) is 0. The zero-order valence-electron chi connectivity index (χ0n) is 13.7. The normalized spacial score (nSPS) is 24.6. The lowest BCUT2D eigenvalue weighted by atomic mass is 10.0. The number of ether oxygens (including phenoxy) is 1. The number of esters is 1. The van der Waals surface area contributed by atoms with Crippen LogP contribution in [-0.2, 0) is 23.8 Å². The average molecular weight is 334 g/mol. The van der Waals surface area contributed by atoms with E-state index in [0.29, 0.717) is 25.9 Å². The first kappa shape index (κ1) is 19.4. The highest BCUT2D eigenvalue weighted by molar-refractivity contribution is 7.86. The van der Waals surface area contributed by atoms with Crippen molar-refractivity contribution in [2.75, 3.05) is 12.9 Å². The summed E-state index contributed by atoms with van der Waals surface area (Å²) in [4.78, 5) is 11.5. The molecule has 6 heteroatoms. The SMILES string of the molecule is CS(=O)(=O)OC1CCCCCCCCCCC(=O)OCCC1. The topological polar surface area (TPSA) is 69.7 Å². The van der Waals surface area contributed by atoms with Gasteiger partial charge in [-0.05, 0) is 25.7 Å². The van der Waals surface area contributed by atoms with E-state index in [1.807, 2.05) is 0 Å². The van der Waals surface area contributed by atoms with Gasteiger partial charge in [0.2, 0.25) is 0 Å². The largest absolute Gasteiger partial charge is 0.466 e. The van der Waals surface area contributed by atoms with E-state index in [-0.39, 0.29) is 12.1 Å². The first-order chi connectivity index (χ1) is 10.5. The lowest BCUT2D eigenvalue weighted by molar-refractivity contribution is -0.144. The minimum Gasteiger partial charge on any atom is -0.466 e. The van der Waals surface area contributed by atoms with Gasteiger partial charge in [-0.1, -0.05) is 44.9 Å². The quantitative estimate of drug-likeness (QED) is 0.570. The van der Waals surface area contributed by atoms with Crippen LogP contribution in [0.25, 0.3) is 0 Å². The fourth-order valence-electron chi connectivity index (χ4n) is 2.76. The van der Waals surface area contributed by atoms with Crippen molar-refractivity contribution in [3.8, 4) is 0 Å². The molecule has 1 saturated heterocycles. The molecular weight excluding hydrogens is 304 g/mol. The second kappa shape index (κ2) is 11.0. The molecule has 0 spiro atoms. The van der Waals surface area contributed by atoms with Crippen molar-refractivity contribution in [3.05, 3.63) is 0 Å². The van der Waals surface area contributed by atoms with Gasteiger partial charge < -0.3 is 4.74 Å². The Morgan fingerprint density at radius 3 is 2.09 bits per heavy atom. The summed E-state index contributed by atoms with van der Waals surface area (Å²) in [6.45, 7) is 0.350. The molecule has 1 atom stereocenters. The molecule has 1 heterocycles. The van der Waals surface area contributed by atoms with Gasteiger partial charge in [-0.2, -0.15) is 8.42 Å². The fraction of sp³-hybridized carbons (Fsp3) is 0.938. The summed E-state index contributed by atoms with van der Waals surface area (Å²) in [5.74, 6) is -0.146.